The topological polar surface area (TPSA) is 41.6 Å². The number of rotatable bonds is 3. The third-order valence-electron chi connectivity index (χ3n) is 5.51. The summed E-state index contributed by atoms with van der Waals surface area (Å²) >= 11 is 0. The summed E-state index contributed by atoms with van der Waals surface area (Å²) in [4.78, 5) is 14.9. The molecule has 4 nitrogen and oxygen atoms in total. The van der Waals surface area contributed by atoms with Crippen LogP contribution in [0.25, 0.3) is 0 Å². The molecule has 2 aromatic carbocycles. The molecule has 0 radical (unpaired) electrons. The van der Waals surface area contributed by atoms with Crippen LogP contribution in [0.4, 0.5) is 8.78 Å². The Kier molecular flexibility index (Phi) is 4.83. The molecule has 4 rings (SSSR count). The van der Waals surface area contributed by atoms with E-state index in [-0.39, 0.29) is 23.9 Å². The molecular formula is C21H22F2N2O2. The molecule has 0 aliphatic carbocycles. The number of ether oxygens (including phenoxy) is 1. The van der Waals surface area contributed by atoms with Gasteiger partial charge in [-0.05, 0) is 49.2 Å². The van der Waals surface area contributed by atoms with Gasteiger partial charge in [-0.1, -0.05) is 24.3 Å². The number of likely N-dealkylation sites (tertiary alicyclic amines) is 1. The van der Waals surface area contributed by atoms with Crippen LogP contribution in [-0.4, -0.2) is 37.0 Å². The first-order chi connectivity index (χ1) is 13.0. The van der Waals surface area contributed by atoms with Gasteiger partial charge in [-0.25, -0.2) is 8.78 Å². The Labute approximate surface area is 157 Å². The van der Waals surface area contributed by atoms with Crippen molar-refractivity contribution >= 4 is 5.91 Å². The van der Waals surface area contributed by atoms with Gasteiger partial charge in [0.2, 0.25) is 5.91 Å². The Balaban J connectivity index is 1.48. The Hall–Kier alpha value is -2.47. The fourth-order valence-corrected chi connectivity index (χ4v) is 4.08. The molecule has 0 aromatic heterocycles. The molecule has 27 heavy (non-hydrogen) atoms. The highest BCUT2D eigenvalue weighted by atomic mass is 19.2. The van der Waals surface area contributed by atoms with Crippen molar-refractivity contribution in [2.45, 2.75) is 24.9 Å². The summed E-state index contributed by atoms with van der Waals surface area (Å²) in [5.74, 6) is -1.20. The molecule has 0 saturated carbocycles. The Bertz CT molecular complexity index is 858. The van der Waals surface area contributed by atoms with Crippen molar-refractivity contribution in [3.05, 3.63) is 65.2 Å². The molecule has 2 aliphatic heterocycles. The largest absolute Gasteiger partial charge is 0.492 e. The standard InChI is InChI=1S/C21H22F2N2O2/c1-25-9-8-18(20(25)14-6-7-16(22)17(23)11-14)24-21(26)15-10-13-4-2-3-5-19(13)27-12-15/h2-7,11,15,18,20H,8-10,12H2,1H3,(H,24,26)/t15-,18-,20+/m0/s1. The summed E-state index contributed by atoms with van der Waals surface area (Å²) in [6.07, 6.45) is 1.40. The van der Waals surface area contributed by atoms with Crippen LogP contribution in [0.3, 0.4) is 0 Å². The Morgan fingerprint density at radius 1 is 1.19 bits per heavy atom. The van der Waals surface area contributed by atoms with E-state index in [4.69, 9.17) is 4.74 Å². The number of carbonyl (C=O) groups is 1. The van der Waals surface area contributed by atoms with Crippen molar-refractivity contribution < 1.29 is 18.3 Å². The van der Waals surface area contributed by atoms with E-state index in [2.05, 4.69) is 10.2 Å². The van der Waals surface area contributed by atoms with Crippen LogP contribution in [0, 0.1) is 17.6 Å². The van der Waals surface area contributed by atoms with E-state index in [0.29, 0.717) is 18.6 Å². The van der Waals surface area contributed by atoms with Crippen LogP contribution in [0.5, 0.6) is 5.75 Å². The Morgan fingerprint density at radius 2 is 2.00 bits per heavy atom. The first kappa shape index (κ1) is 17.9. The molecule has 2 aromatic rings. The number of nitrogens with one attached hydrogen (secondary N) is 1. The first-order valence-corrected chi connectivity index (χ1v) is 9.19. The van der Waals surface area contributed by atoms with E-state index in [1.54, 1.807) is 6.07 Å². The number of amides is 1. The van der Waals surface area contributed by atoms with Gasteiger partial charge in [0, 0.05) is 12.6 Å². The first-order valence-electron chi connectivity index (χ1n) is 9.19. The van der Waals surface area contributed by atoms with Gasteiger partial charge in [-0.15, -0.1) is 0 Å². The molecule has 1 N–H and O–H groups in total. The maximum atomic E-state index is 13.7. The number of fused-ring (bicyclic) bond motifs is 1. The quantitative estimate of drug-likeness (QED) is 0.900. The zero-order valence-corrected chi connectivity index (χ0v) is 15.1. The zero-order chi connectivity index (χ0) is 19.0. The van der Waals surface area contributed by atoms with Crippen molar-refractivity contribution in [2.75, 3.05) is 20.2 Å². The second-order valence-corrected chi connectivity index (χ2v) is 7.32. The third kappa shape index (κ3) is 3.54. The molecule has 3 atom stereocenters. The lowest BCUT2D eigenvalue weighted by atomic mass is 9.94. The minimum atomic E-state index is -0.866. The maximum absolute atomic E-state index is 13.7. The second-order valence-electron chi connectivity index (χ2n) is 7.32. The highest BCUT2D eigenvalue weighted by Crippen LogP contribution is 2.33. The number of hydrogen-bond acceptors (Lipinski definition) is 3. The van der Waals surface area contributed by atoms with E-state index in [1.165, 1.54) is 6.07 Å². The van der Waals surface area contributed by atoms with Crippen LogP contribution in [0.2, 0.25) is 0 Å². The van der Waals surface area contributed by atoms with Crippen molar-refractivity contribution in [2.24, 2.45) is 5.92 Å². The summed E-state index contributed by atoms with van der Waals surface area (Å²) in [5, 5.41) is 3.12. The molecule has 142 valence electrons. The van der Waals surface area contributed by atoms with Gasteiger partial charge < -0.3 is 10.1 Å². The lowest BCUT2D eigenvalue weighted by Crippen LogP contribution is -2.44. The van der Waals surface area contributed by atoms with Crippen molar-refractivity contribution in [1.29, 1.82) is 0 Å². The molecule has 2 heterocycles. The predicted octanol–water partition coefficient (Wildman–Crippen LogP) is 3.08. The molecule has 1 fully saturated rings. The minimum absolute atomic E-state index is 0.0580. The molecule has 2 aliphatic rings. The maximum Gasteiger partial charge on any atom is 0.227 e. The van der Waals surface area contributed by atoms with Crippen molar-refractivity contribution in [3.8, 4) is 5.75 Å². The average Bonchev–Trinajstić information content (AvgIpc) is 3.03. The van der Waals surface area contributed by atoms with Crippen LogP contribution in [-0.2, 0) is 11.2 Å². The molecule has 0 spiro atoms. The monoisotopic (exact) mass is 372 g/mol. The number of halogens is 2. The number of hydrogen-bond donors (Lipinski definition) is 1. The summed E-state index contributed by atoms with van der Waals surface area (Å²) < 4.78 is 32.7. The number of nitrogens with zero attached hydrogens (tertiary/aromatic N) is 1. The van der Waals surface area contributed by atoms with Gasteiger partial charge in [-0.2, -0.15) is 0 Å². The SMILES string of the molecule is CN1CC[C@H](NC(=O)[C@@H]2COc3ccccc3C2)[C@H]1c1ccc(F)c(F)c1. The van der Waals surface area contributed by atoms with Gasteiger partial charge in [-0.3, -0.25) is 9.69 Å². The van der Waals surface area contributed by atoms with Gasteiger partial charge in [0.15, 0.2) is 11.6 Å². The van der Waals surface area contributed by atoms with E-state index in [0.717, 1.165) is 30.3 Å². The van der Waals surface area contributed by atoms with E-state index >= 15 is 0 Å². The summed E-state index contributed by atoms with van der Waals surface area (Å²) in [6.45, 7) is 1.12. The van der Waals surface area contributed by atoms with E-state index in [1.807, 2.05) is 31.3 Å². The van der Waals surface area contributed by atoms with Crippen molar-refractivity contribution in [3.63, 3.8) is 0 Å². The smallest absolute Gasteiger partial charge is 0.227 e. The molecular weight excluding hydrogens is 350 g/mol. The fraction of sp³-hybridized carbons (Fsp3) is 0.381. The summed E-state index contributed by atoms with van der Waals surface area (Å²) in [5.41, 5.74) is 1.70. The van der Waals surface area contributed by atoms with Gasteiger partial charge in [0.05, 0.1) is 12.0 Å². The molecule has 6 heteroatoms. The number of benzene rings is 2. The van der Waals surface area contributed by atoms with Gasteiger partial charge in [0.1, 0.15) is 12.4 Å². The highest BCUT2D eigenvalue weighted by molar-refractivity contribution is 5.80. The molecule has 0 bridgehead atoms. The number of likely N-dealkylation sites (N-methyl/N-ethyl adjacent to an activating group) is 1. The molecule has 0 unspecified atom stereocenters. The molecule has 1 saturated heterocycles. The predicted molar refractivity (Wildman–Crippen MR) is 97.4 cm³/mol. The second kappa shape index (κ2) is 7.27. The average molecular weight is 372 g/mol. The van der Waals surface area contributed by atoms with E-state index < -0.39 is 11.6 Å². The van der Waals surface area contributed by atoms with E-state index in [9.17, 15) is 13.6 Å². The minimum Gasteiger partial charge on any atom is -0.492 e. The lowest BCUT2D eigenvalue weighted by molar-refractivity contribution is -0.127. The van der Waals surface area contributed by atoms with Gasteiger partial charge >= 0.3 is 0 Å². The lowest BCUT2D eigenvalue weighted by Gasteiger charge is -2.29. The summed E-state index contributed by atoms with van der Waals surface area (Å²) in [6, 6.07) is 11.4. The number of para-hydroxylation sites is 1. The highest BCUT2D eigenvalue weighted by Gasteiger charge is 2.36. The van der Waals surface area contributed by atoms with Crippen LogP contribution in [0.1, 0.15) is 23.6 Å². The van der Waals surface area contributed by atoms with Crippen LogP contribution < -0.4 is 10.1 Å². The van der Waals surface area contributed by atoms with Crippen molar-refractivity contribution in [1.82, 2.24) is 10.2 Å². The normalized spacial score (nSPS) is 24.9. The third-order valence-corrected chi connectivity index (χ3v) is 5.51. The molecule has 1 amide bonds. The zero-order valence-electron chi connectivity index (χ0n) is 15.1. The Morgan fingerprint density at radius 3 is 2.81 bits per heavy atom. The van der Waals surface area contributed by atoms with Crippen LogP contribution >= 0.6 is 0 Å². The van der Waals surface area contributed by atoms with Crippen LogP contribution in [0.15, 0.2) is 42.5 Å². The summed E-state index contributed by atoms with van der Waals surface area (Å²) in [7, 11) is 1.93. The fourth-order valence-electron chi connectivity index (χ4n) is 4.08. The number of carbonyl (C=O) groups excluding carboxylic acids is 1. The van der Waals surface area contributed by atoms with Gasteiger partial charge in [0.25, 0.3) is 0 Å².